The Labute approximate surface area is 297 Å². The van der Waals surface area contributed by atoms with E-state index in [0.717, 1.165) is 44.1 Å². The van der Waals surface area contributed by atoms with E-state index in [4.69, 9.17) is 19.4 Å². The predicted octanol–water partition coefficient (Wildman–Crippen LogP) is 4.74. The summed E-state index contributed by atoms with van der Waals surface area (Å²) in [5, 5.41) is 15.9. The predicted molar refractivity (Wildman–Crippen MR) is 188 cm³/mol. The van der Waals surface area contributed by atoms with Gasteiger partial charge in [-0.1, -0.05) is 12.1 Å². The first-order valence-corrected chi connectivity index (χ1v) is 16.0. The molecule has 0 radical (unpaired) electrons. The second-order valence-electron chi connectivity index (χ2n) is 11.6. The van der Waals surface area contributed by atoms with Crippen molar-refractivity contribution in [3.05, 3.63) is 101 Å². The molecule has 5 rings (SSSR count). The lowest BCUT2D eigenvalue weighted by Crippen LogP contribution is -2.41. The van der Waals surface area contributed by atoms with Crippen molar-refractivity contribution in [3.63, 3.8) is 0 Å². The number of carboxylic acid groups (broad SMARTS) is 1. The van der Waals surface area contributed by atoms with Gasteiger partial charge in [0, 0.05) is 75.2 Å². The summed E-state index contributed by atoms with van der Waals surface area (Å²) in [7, 11) is 5.30. The average Bonchev–Trinajstić information content (AvgIpc) is 3.68. The molecular weight excluding hydrogens is 685 g/mol. The molecule has 1 aliphatic rings. The van der Waals surface area contributed by atoms with Gasteiger partial charge in [0.2, 0.25) is 0 Å². The number of halogens is 3. The third-order valence-corrected chi connectivity index (χ3v) is 7.80. The number of aromatic nitrogens is 2. The van der Waals surface area contributed by atoms with Gasteiger partial charge in [-0.25, -0.2) is 4.79 Å². The van der Waals surface area contributed by atoms with E-state index in [1.54, 1.807) is 55.6 Å². The summed E-state index contributed by atoms with van der Waals surface area (Å²) in [6, 6.07) is 17.3. The standard InChI is InChI=1S/C34H38N6O5.C2HF3O2/c1-38-23-28(37-32(41)25-8-10-27(11-9-25)36-33(42)26-5-4-6-30(20-26)44-3)21-29(38)12-7-24-19-31(39(2)22-24)34(43)35-13-14-40-15-17-45-18-16-40;3-2(4,5)1(6)7/h4-12,19-23H,13-18H2,1-3H3,(H,35,43)(H,36,42)(H,37,41);(H,6,7)/b12-7+;. The molecule has 0 spiro atoms. The van der Waals surface area contributed by atoms with Gasteiger partial charge in [-0.3, -0.25) is 19.3 Å². The Kier molecular flexibility index (Phi) is 13.4. The van der Waals surface area contributed by atoms with Crippen LogP contribution in [0, 0.1) is 0 Å². The number of anilines is 2. The molecular formula is C36H39F3N6O7. The summed E-state index contributed by atoms with van der Waals surface area (Å²) in [5.74, 6) is -2.81. The van der Waals surface area contributed by atoms with Gasteiger partial charge in [0.15, 0.2) is 0 Å². The molecule has 52 heavy (non-hydrogen) atoms. The fraction of sp³-hybridized carbons (Fsp3) is 0.278. The number of carboxylic acids is 1. The van der Waals surface area contributed by atoms with Crippen LogP contribution in [-0.4, -0.2) is 95.5 Å². The van der Waals surface area contributed by atoms with Crippen LogP contribution in [0.15, 0.2) is 73.1 Å². The van der Waals surface area contributed by atoms with Crippen molar-refractivity contribution in [2.45, 2.75) is 6.18 Å². The number of hydrogen-bond donors (Lipinski definition) is 4. The first-order valence-electron chi connectivity index (χ1n) is 16.0. The molecule has 1 aliphatic heterocycles. The number of nitrogens with zero attached hydrogens (tertiary/aromatic N) is 3. The molecule has 4 N–H and O–H groups in total. The third-order valence-electron chi connectivity index (χ3n) is 7.80. The zero-order valence-electron chi connectivity index (χ0n) is 28.7. The third kappa shape index (κ3) is 11.3. The zero-order chi connectivity index (χ0) is 37.8. The molecule has 3 heterocycles. The molecule has 13 nitrogen and oxygen atoms in total. The molecule has 276 valence electrons. The number of ether oxygens (including phenoxy) is 2. The zero-order valence-corrected chi connectivity index (χ0v) is 28.7. The molecule has 0 saturated carbocycles. The second-order valence-corrected chi connectivity index (χ2v) is 11.6. The molecule has 1 fully saturated rings. The summed E-state index contributed by atoms with van der Waals surface area (Å²) >= 11 is 0. The maximum Gasteiger partial charge on any atom is 0.490 e. The van der Waals surface area contributed by atoms with Gasteiger partial charge >= 0.3 is 12.1 Å². The smallest absolute Gasteiger partial charge is 0.490 e. The average molecular weight is 725 g/mol. The number of aryl methyl sites for hydroxylation is 2. The molecule has 0 atom stereocenters. The number of carbonyl (C=O) groups excluding carboxylic acids is 3. The van der Waals surface area contributed by atoms with Crippen molar-refractivity contribution in [1.82, 2.24) is 19.4 Å². The molecule has 3 amide bonds. The highest BCUT2D eigenvalue weighted by Gasteiger charge is 2.38. The van der Waals surface area contributed by atoms with E-state index < -0.39 is 12.1 Å². The van der Waals surface area contributed by atoms with Crippen LogP contribution in [0.4, 0.5) is 24.5 Å². The van der Waals surface area contributed by atoms with E-state index >= 15 is 0 Å². The molecule has 2 aromatic carbocycles. The minimum absolute atomic E-state index is 0.110. The van der Waals surface area contributed by atoms with E-state index in [-0.39, 0.29) is 17.7 Å². The highest BCUT2D eigenvalue weighted by atomic mass is 19.4. The number of aliphatic carboxylic acids is 1. The lowest BCUT2D eigenvalue weighted by Gasteiger charge is -2.26. The SMILES string of the molecule is COc1cccc(C(=O)Nc2ccc(C(=O)Nc3cc(/C=C/c4cc(C(=O)NCCN5CCOCC5)n(C)c4)n(C)c3)cc2)c1.O=C(O)C(F)(F)F. The first-order chi connectivity index (χ1) is 24.7. The fourth-order valence-electron chi connectivity index (χ4n) is 5.02. The monoisotopic (exact) mass is 724 g/mol. The van der Waals surface area contributed by atoms with Gasteiger partial charge in [0.25, 0.3) is 17.7 Å². The summed E-state index contributed by atoms with van der Waals surface area (Å²) in [5.41, 5.74) is 4.49. The molecule has 2 aromatic heterocycles. The maximum atomic E-state index is 12.9. The van der Waals surface area contributed by atoms with Crippen LogP contribution >= 0.6 is 0 Å². The van der Waals surface area contributed by atoms with Gasteiger partial charge in [-0.05, 0) is 66.2 Å². The van der Waals surface area contributed by atoms with Crippen molar-refractivity contribution in [3.8, 4) is 5.75 Å². The van der Waals surface area contributed by atoms with Crippen LogP contribution < -0.4 is 20.7 Å². The fourth-order valence-corrected chi connectivity index (χ4v) is 5.02. The van der Waals surface area contributed by atoms with Gasteiger partial charge in [0.05, 0.1) is 26.0 Å². The quantitative estimate of drug-likeness (QED) is 0.173. The van der Waals surface area contributed by atoms with Crippen LogP contribution in [0.2, 0.25) is 0 Å². The number of carbonyl (C=O) groups is 4. The number of methoxy groups -OCH3 is 1. The number of alkyl halides is 3. The molecule has 16 heteroatoms. The lowest BCUT2D eigenvalue weighted by molar-refractivity contribution is -0.192. The van der Waals surface area contributed by atoms with Gasteiger partial charge in [-0.2, -0.15) is 13.2 Å². The molecule has 4 aromatic rings. The van der Waals surface area contributed by atoms with Gasteiger partial charge in [-0.15, -0.1) is 0 Å². The molecule has 0 aliphatic carbocycles. The Balaban J connectivity index is 0.000000785. The number of amides is 3. The van der Waals surface area contributed by atoms with Gasteiger partial charge in [0.1, 0.15) is 11.4 Å². The van der Waals surface area contributed by atoms with Crippen molar-refractivity contribution in [2.75, 3.05) is 57.1 Å². The van der Waals surface area contributed by atoms with Crippen LogP contribution in [-0.2, 0) is 23.6 Å². The minimum atomic E-state index is -5.08. The number of morpholine rings is 1. The largest absolute Gasteiger partial charge is 0.497 e. The number of rotatable bonds is 11. The highest BCUT2D eigenvalue weighted by molar-refractivity contribution is 6.06. The van der Waals surface area contributed by atoms with E-state index in [9.17, 15) is 27.6 Å². The Morgan fingerprint density at radius 2 is 1.50 bits per heavy atom. The van der Waals surface area contributed by atoms with Crippen molar-refractivity contribution < 1.29 is 46.9 Å². The number of nitrogens with one attached hydrogen (secondary N) is 3. The summed E-state index contributed by atoms with van der Waals surface area (Å²) < 4.78 is 46.0. The van der Waals surface area contributed by atoms with Gasteiger partial charge < -0.3 is 39.7 Å². The number of benzene rings is 2. The Morgan fingerprint density at radius 1 is 0.846 bits per heavy atom. The van der Waals surface area contributed by atoms with E-state index in [0.29, 0.717) is 40.5 Å². The topological polar surface area (TPSA) is 156 Å². The van der Waals surface area contributed by atoms with Crippen LogP contribution in [0.3, 0.4) is 0 Å². The summed E-state index contributed by atoms with van der Waals surface area (Å²) in [4.78, 5) is 49.4. The summed E-state index contributed by atoms with van der Waals surface area (Å²) in [6.07, 6.45) is 2.52. The highest BCUT2D eigenvalue weighted by Crippen LogP contribution is 2.20. The van der Waals surface area contributed by atoms with Crippen molar-refractivity contribution in [2.24, 2.45) is 14.1 Å². The number of hydrogen-bond acceptors (Lipinski definition) is 7. The molecule has 0 bridgehead atoms. The Morgan fingerprint density at radius 3 is 2.15 bits per heavy atom. The maximum absolute atomic E-state index is 12.9. The van der Waals surface area contributed by atoms with E-state index in [1.165, 1.54) is 0 Å². The Bertz CT molecular complexity index is 1890. The lowest BCUT2D eigenvalue weighted by atomic mass is 10.1. The first kappa shape index (κ1) is 38.9. The Hall–Kier alpha value is -5.87. The summed E-state index contributed by atoms with van der Waals surface area (Å²) in [6.45, 7) is 4.63. The van der Waals surface area contributed by atoms with E-state index in [2.05, 4.69) is 20.9 Å². The van der Waals surface area contributed by atoms with Crippen molar-refractivity contribution in [1.29, 1.82) is 0 Å². The molecule has 1 saturated heterocycles. The van der Waals surface area contributed by atoms with Crippen LogP contribution in [0.1, 0.15) is 42.5 Å². The van der Waals surface area contributed by atoms with E-state index in [1.807, 2.05) is 59.9 Å². The van der Waals surface area contributed by atoms with Crippen molar-refractivity contribution >= 4 is 47.2 Å². The normalized spacial score (nSPS) is 13.2. The second kappa shape index (κ2) is 17.9. The van der Waals surface area contributed by atoms with Crippen LogP contribution in [0.25, 0.3) is 12.2 Å². The van der Waals surface area contributed by atoms with Crippen LogP contribution in [0.5, 0.6) is 5.75 Å². The minimum Gasteiger partial charge on any atom is -0.497 e. The molecule has 0 unspecified atom stereocenters.